The highest BCUT2D eigenvalue weighted by molar-refractivity contribution is 9.10. The first-order valence-electron chi connectivity index (χ1n) is 8.21. The maximum atomic E-state index is 9.55. The fourth-order valence-electron chi connectivity index (χ4n) is 2.80. The van der Waals surface area contributed by atoms with Gasteiger partial charge in [-0.05, 0) is 51.7 Å². The largest absolute Gasteiger partial charge is 0.496 e. The van der Waals surface area contributed by atoms with Crippen LogP contribution in [-0.2, 0) is 6.42 Å². The van der Waals surface area contributed by atoms with E-state index in [1.165, 1.54) is 5.56 Å². The summed E-state index contributed by atoms with van der Waals surface area (Å²) in [5.74, 6) is 0.955. The molecule has 130 valence electrons. The van der Waals surface area contributed by atoms with Crippen LogP contribution in [0.4, 0.5) is 5.82 Å². The van der Waals surface area contributed by atoms with Crippen molar-refractivity contribution in [2.45, 2.75) is 13.3 Å². The lowest BCUT2D eigenvalue weighted by molar-refractivity contribution is 0.412. The van der Waals surface area contributed by atoms with Crippen LogP contribution >= 0.6 is 15.9 Å². The number of ether oxygens (including phenoxy) is 1. The summed E-state index contributed by atoms with van der Waals surface area (Å²) in [6, 6.07) is 18.0. The Morgan fingerprint density at radius 3 is 2.38 bits per heavy atom. The molecule has 2 N–H and O–H groups in total. The molecular formula is C21H18BrN3O. The third kappa shape index (κ3) is 3.42. The van der Waals surface area contributed by atoms with E-state index < -0.39 is 0 Å². The van der Waals surface area contributed by atoms with Crippen LogP contribution in [-0.4, -0.2) is 12.1 Å². The number of nitrogens with zero attached hydrogens (tertiary/aromatic N) is 2. The molecule has 0 spiro atoms. The Hall–Kier alpha value is -2.84. The highest BCUT2D eigenvalue weighted by Gasteiger charge is 2.14. The fraction of sp³-hybridized carbons (Fsp3) is 0.143. The molecule has 0 bridgehead atoms. The number of aromatic nitrogens is 1. The molecule has 0 atom stereocenters. The summed E-state index contributed by atoms with van der Waals surface area (Å²) in [6.07, 6.45) is 0.980. The molecule has 0 radical (unpaired) electrons. The number of pyridine rings is 1. The highest BCUT2D eigenvalue weighted by Crippen LogP contribution is 2.35. The van der Waals surface area contributed by atoms with Crippen LogP contribution in [0, 0.1) is 11.3 Å². The van der Waals surface area contributed by atoms with Crippen molar-refractivity contribution in [1.29, 1.82) is 5.26 Å². The summed E-state index contributed by atoms with van der Waals surface area (Å²) in [5, 5.41) is 9.55. The quantitative estimate of drug-likeness (QED) is 0.644. The van der Waals surface area contributed by atoms with Crippen molar-refractivity contribution in [3.63, 3.8) is 0 Å². The second-order valence-corrected chi connectivity index (χ2v) is 6.68. The lowest BCUT2D eigenvalue weighted by atomic mass is 9.98. The van der Waals surface area contributed by atoms with Gasteiger partial charge in [-0.2, -0.15) is 5.26 Å². The van der Waals surface area contributed by atoms with Crippen LogP contribution in [0.3, 0.4) is 0 Å². The van der Waals surface area contributed by atoms with Gasteiger partial charge in [0.15, 0.2) is 0 Å². The van der Waals surface area contributed by atoms with Gasteiger partial charge in [-0.15, -0.1) is 0 Å². The zero-order valence-corrected chi connectivity index (χ0v) is 16.2. The number of hydrogen-bond acceptors (Lipinski definition) is 4. The molecule has 1 heterocycles. The van der Waals surface area contributed by atoms with Gasteiger partial charge in [0.25, 0.3) is 0 Å². The summed E-state index contributed by atoms with van der Waals surface area (Å²) in [7, 11) is 1.61. The van der Waals surface area contributed by atoms with Crippen LogP contribution in [0.2, 0.25) is 0 Å². The van der Waals surface area contributed by atoms with E-state index in [2.05, 4.69) is 46.0 Å². The van der Waals surface area contributed by atoms with E-state index in [1.807, 2.05) is 36.4 Å². The monoisotopic (exact) mass is 407 g/mol. The Balaban J connectivity index is 2.16. The number of nitrogen functional groups attached to an aromatic ring is 1. The Morgan fingerprint density at radius 2 is 1.81 bits per heavy atom. The molecule has 3 rings (SSSR count). The summed E-state index contributed by atoms with van der Waals surface area (Å²) in [4.78, 5) is 4.43. The summed E-state index contributed by atoms with van der Waals surface area (Å²) in [6.45, 7) is 2.12. The topological polar surface area (TPSA) is 71.9 Å². The lowest BCUT2D eigenvalue weighted by Crippen LogP contribution is -2.00. The second-order valence-electron chi connectivity index (χ2n) is 5.83. The minimum Gasteiger partial charge on any atom is -0.496 e. The summed E-state index contributed by atoms with van der Waals surface area (Å²) < 4.78 is 6.09. The van der Waals surface area contributed by atoms with E-state index in [-0.39, 0.29) is 5.82 Å². The van der Waals surface area contributed by atoms with Gasteiger partial charge in [-0.1, -0.05) is 37.3 Å². The lowest BCUT2D eigenvalue weighted by Gasteiger charge is -2.12. The molecule has 0 amide bonds. The maximum Gasteiger partial charge on any atom is 0.142 e. The maximum absolute atomic E-state index is 9.55. The number of halogens is 1. The van der Waals surface area contributed by atoms with Crippen molar-refractivity contribution < 1.29 is 4.74 Å². The van der Waals surface area contributed by atoms with Gasteiger partial charge < -0.3 is 10.5 Å². The first kappa shape index (κ1) is 18.0. The Bertz CT molecular complexity index is 991. The van der Waals surface area contributed by atoms with Crippen LogP contribution in [0.25, 0.3) is 22.4 Å². The smallest absolute Gasteiger partial charge is 0.142 e. The predicted molar refractivity (Wildman–Crippen MR) is 108 cm³/mol. The molecule has 0 saturated heterocycles. The van der Waals surface area contributed by atoms with Gasteiger partial charge >= 0.3 is 0 Å². The van der Waals surface area contributed by atoms with Crippen molar-refractivity contribution >= 4 is 21.7 Å². The molecule has 3 aromatic rings. The normalized spacial score (nSPS) is 10.4. The summed E-state index contributed by atoms with van der Waals surface area (Å²) >= 11 is 3.49. The number of aryl methyl sites for hydroxylation is 1. The van der Waals surface area contributed by atoms with Crippen molar-refractivity contribution in [1.82, 2.24) is 4.98 Å². The van der Waals surface area contributed by atoms with Gasteiger partial charge in [0.2, 0.25) is 0 Å². The van der Waals surface area contributed by atoms with E-state index in [9.17, 15) is 5.26 Å². The second kappa shape index (κ2) is 7.59. The number of methoxy groups -OCH3 is 1. The molecule has 0 fully saturated rings. The van der Waals surface area contributed by atoms with E-state index >= 15 is 0 Å². The summed E-state index contributed by atoms with van der Waals surface area (Å²) in [5.41, 5.74) is 11.0. The van der Waals surface area contributed by atoms with E-state index in [4.69, 9.17) is 10.5 Å². The van der Waals surface area contributed by atoms with Crippen LogP contribution in [0.1, 0.15) is 18.1 Å². The zero-order chi connectivity index (χ0) is 18.7. The van der Waals surface area contributed by atoms with Crippen molar-refractivity contribution in [3.05, 3.63) is 64.1 Å². The minimum atomic E-state index is 0.228. The number of benzene rings is 2. The number of rotatable bonds is 4. The fourth-order valence-corrected chi connectivity index (χ4v) is 3.34. The molecule has 0 aliphatic rings. The third-order valence-electron chi connectivity index (χ3n) is 4.28. The number of nitrogens with two attached hydrogens (primary N) is 1. The van der Waals surface area contributed by atoms with Crippen molar-refractivity contribution in [3.8, 4) is 34.2 Å². The molecule has 4 nitrogen and oxygen atoms in total. The number of hydrogen-bond donors (Lipinski definition) is 1. The predicted octanol–water partition coefficient (Wildman–Crippen LogP) is 5.20. The molecule has 5 heteroatoms. The molecule has 0 aliphatic heterocycles. The number of nitriles is 1. The molecule has 26 heavy (non-hydrogen) atoms. The van der Waals surface area contributed by atoms with E-state index in [0.29, 0.717) is 5.56 Å². The van der Waals surface area contributed by atoms with Gasteiger partial charge in [-0.25, -0.2) is 4.98 Å². The molecular weight excluding hydrogens is 390 g/mol. The first-order valence-corrected chi connectivity index (χ1v) is 9.00. The molecule has 2 aromatic carbocycles. The van der Waals surface area contributed by atoms with Crippen LogP contribution < -0.4 is 10.5 Å². The minimum absolute atomic E-state index is 0.228. The van der Waals surface area contributed by atoms with Crippen molar-refractivity contribution in [2.75, 3.05) is 12.8 Å². The van der Waals surface area contributed by atoms with Gasteiger partial charge in [0, 0.05) is 11.1 Å². The molecule has 0 aliphatic carbocycles. The highest BCUT2D eigenvalue weighted by atomic mass is 79.9. The molecule has 1 aromatic heterocycles. The van der Waals surface area contributed by atoms with E-state index in [0.717, 1.165) is 39.0 Å². The van der Waals surface area contributed by atoms with Crippen LogP contribution in [0.5, 0.6) is 5.75 Å². The Morgan fingerprint density at radius 1 is 1.12 bits per heavy atom. The molecule has 0 unspecified atom stereocenters. The Kier molecular flexibility index (Phi) is 5.24. The van der Waals surface area contributed by atoms with Gasteiger partial charge in [0.1, 0.15) is 23.2 Å². The van der Waals surface area contributed by atoms with Gasteiger partial charge in [0.05, 0.1) is 17.3 Å². The Labute approximate surface area is 161 Å². The first-order chi connectivity index (χ1) is 12.6. The number of anilines is 1. The average Bonchev–Trinajstić information content (AvgIpc) is 2.67. The SMILES string of the molecule is CCc1ccc(-c2cc(-c3ccc(OC)c(Br)c3)c(C#N)c(N)n2)cc1. The van der Waals surface area contributed by atoms with Gasteiger partial charge in [-0.3, -0.25) is 0 Å². The standard InChI is InChI=1S/C21H18BrN3O/c1-3-13-4-6-14(7-5-13)19-11-16(17(12-23)21(24)25-19)15-8-9-20(26-2)18(22)10-15/h4-11H,3H2,1-2H3,(H2,24,25). The molecule has 0 saturated carbocycles. The van der Waals surface area contributed by atoms with E-state index in [1.54, 1.807) is 7.11 Å². The average molecular weight is 408 g/mol. The van der Waals surface area contributed by atoms with Crippen LogP contribution in [0.15, 0.2) is 53.0 Å². The van der Waals surface area contributed by atoms with Crippen molar-refractivity contribution in [2.24, 2.45) is 0 Å². The third-order valence-corrected chi connectivity index (χ3v) is 4.90. The zero-order valence-electron chi connectivity index (χ0n) is 14.6.